The lowest BCUT2D eigenvalue weighted by Crippen LogP contribution is -2.11. The van der Waals surface area contributed by atoms with Crippen LogP contribution in [0.2, 0.25) is 0 Å². The number of hydrogen-bond donors (Lipinski definition) is 0. The van der Waals surface area contributed by atoms with E-state index in [9.17, 15) is 0 Å². The molecule has 0 radical (unpaired) electrons. The molecule has 3 nitrogen and oxygen atoms in total. The molecule has 0 saturated carbocycles. The summed E-state index contributed by atoms with van der Waals surface area (Å²) >= 11 is 5.10. The van der Waals surface area contributed by atoms with Crippen molar-refractivity contribution in [3.63, 3.8) is 0 Å². The molecule has 0 bridgehead atoms. The van der Waals surface area contributed by atoms with Crippen molar-refractivity contribution in [1.82, 2.24) is 4.68 Å². The highest BCUT2D eigenvalue weighted by molar-refractivity contribution is 9.10. The minimum absolute atomic E-state index is 0.863. The van der Waals surface area contributed by atoms with Crippen LogP contribution in [0, 0.1) is 0 Å². The molecular formula is C17H14BrN3S. The van der Waals surface area contributed by atoms with Gasteiger partial charge in [-0.2, -0.15) is 5.10 Å². The zero-order valence-corrected chi connectivity index (χ0v) is 14.4. The van der Waals surface area contributed by atoms with Crippen molar-refractivity contribution in [2.75, 3.05) is 7.05 Å². The van der Waals surface area contributed by atoms with Gasteiger partial charge < -0.3 is 0 Å². The maximum atomic E-state index is 4.61. The SMILES string of the molecule is CN=c1scc(-c2cccc(Br)c2)n1/N=C/c1ccccc1. The van der Waals surface area contributed by atoms with Gasteiger partial charge in [0.2, 0.25) is 4.80 Å². The van der Waals surface area contributed by atoms with Gasteiger partial charge in [0.1, 0.15) is 0 Å². The molecule has 0 aliphatic rings. The molecule has 3 rings (SSSR count). The van der Waals surface area contributed by atoms with Gasteiger partial charge in [-0.15, -0.1) is 11.3 Å². The third kappa shape index (κ3) is 3.26. The first-order valence-electron chi connectivity index (χ1n) is 6.76. The second-order valence-electron chi connectivity index (χ2n) is 4.60. The zero-order valence-electron chi connectivity index (χ0n) is 12.0. The third-order valence-corrected chi connectivity index (χ3v) is 4.52. The first kappa shape index (κ1) is 14.9. The first-order valence-corrected chi connectivity index (χ1v) is 8.44. The van der Waals surface area contributed by atoms with Crippen LogP contribution in [0.25, 0.3) is 11.3 Å². The molecule has 1 heterocycles. The lowest BCUT2D eigenvalue weighted by Gasteiger charge is -2.04. The second kappa shape index (κ2) is 6.85. The van der Waals surface area contributed by atoms with Gasteiger partial charge in [-0.25, -0.2) is 4.68 Å². The van der Waals surface area contributed by atoms with Crippen LogP contribution < -0.4 is 4.80 Å². The molecule has 2 aromatic carbocycles. The van der Waals surface area contributed by atoms with Crippen LogP contribution >= 0.6 is 27.3 Å². The second-order valence-corrected chi connectivity index (χ2v) is 6.36. The fourth-order valence-electron chi connectivity index (χ4n) is 2.07. The summed E-state index contributed by atoms with van der Waals surface area (Å²) in [5.74, 6) is 0. The van der Waals surface area contributed by atoms with Crippen molar-refractivity contribution in [3.8, 4) is 11.3 Å². The quantitative estimate of drug-likeness (QED) is 0.611. The van der Waals surface area contributed by atoms with Crippen molar-refractivity contribution in [2.45, 2.75) is 0 Å². The Bertz CT molecular complexity index is 863. The fourth-order valence-corrected chi connectivity index (χ4v) is 3.28. The molecule has 0 spiro atoms. The summed E-state index contributed by atoms with van der Waals surface area (Å²) in [6.07, 6.45) is 1.85. The van der Waals surface area contributed by atoms with E-state index >= 15 is 0 Å². The van der Waals surface area contributed by atoms with Crippen molar-refractivity contribution in [2.24, 2.45) is 10.1 Å². The van der Waals surface area contributed by atoms with E-state index in [-0.39, 0.29) is 0 Å². The van der Waals surface area contributed by atoms with E-state index in [1.54, 1.807) is 18.4 Å². The van der Waals surface area contributed by atoms with E-state index in [2.05, 4.69) is 43.5 Å². The number of nitrogens with zero attached hydrogens (tertiary/aromatic N) is 3. The third-order valence-electron chi connectivity index (χ3n) is 3.12. The minimum atomic E-state index is 0.863. The van der Waals surface area contributed by atoms with Crippen molar-refractivity contribution in [1.29, 1.82) is 0 Å². The van der Waals surface area contributed by atoms with Crippen LogP contribution in [0.15, 0.2) is 74.5 Å². The maximum absolute atomic E-state index is 4.61. The predicted octanol–water partition coefficient (Wildman–Crippen LogP) is 4.39. The van der Waals surface area contributed by atoms with Crippen LogP contribution in [0.4, 0.5) is 0 Å². The van der Waals surface area contributed by atoms with Crippen molar-refractivity contribution in [3.05, 3.63) is 74.8 Å². The molecule has 0 unspecified atom stereocenters. The maximum Gasteiger partial charge on any atom is 0.205 e. The Kier molecular flexibility index (Phi) is 4.65. The molecule has 22 heavy (non-hydrogen) atoms. The van der Waals surface area contributed by atoms with Gasteiger partial charge in [0.15, 0.2) is 0 Å². The monoisotopic (exact) mass is 371 g/mol. The van der Waals surface area contributed by atoms with E-state index in [1.807, 2.05) is 53.4 Å². The molecule has 0 saturated heterocycles. The molecule has 110 valence electrons. The van der Waals surface area contributed by atoms with E-state index in [1.165, 1.54) is 0 Å². The van der Waals surface area contributed by atoms with Gasteiger partial charge in [0.25, 0.3) is 0 Å². The number of thiazole rings is 1. The topological polar surface area (TPSA) is 29.6 Å². The highest BCUT2D eigenvalue weighted by atomic mass is 79.9. The zero-order chi connectivity index (χ0) is 15.4. The Morgan fingerprint density at radius 2 is 1.91 bits per heavy atom. The largest absolute Gasteiger partial charge is 0.261 e. The molecule has 0 atom stereocenters. The van der Waals surface area contributed by atoms with Gasteiger partial charge in [0, 0.05) is 22.5 Å². The fraction of sp³-hybridized carbons (Fsp3) is 0.0588. The van der Waals surface area contributed by atoms with Crippen LogP contribution in [-0.2, 0) is 0 Å². The Labute approximate surface area is 141 Å². The summed E-state index contributed by atoms with van der Waals surface area (Å²) in [6, 6.07) is 18.2. The van der Waals surface area contributed by atoms with E-state index in [4.69, 9.17) is 0 Å². The van der Waals surface area contributed by atoms with E-state index < -0.39 is 0 Å². The van der Waals surface area contributed by atoms with Crippen molar-refractivity contribution < 1.29 is 0 Å². The lowest BCUT2D eigenvalue weighted by atomic mass is 10.2. The molecular weight excluding hydrogens is 358 g/mol. The highest BCUT2D eigenvalue weighted by Crippen LogP contribution is 2.23. The van der Waals surface area contributed by atoms with E-state index in [0.717, 1.165) is 26.1 Å². The Balaban J connectivity index is 2.07. The van der Waals surface area contributed by atoms with E-state index in [0.29, 0.717) is 0 Å². The number of halogens is 1. The average molecular weight is 372 g/mol. The number of aromatic nitrogens is 1. The van der Waals surface area contributed by atoms with Gasteiger partial charge in [0.05, 0.1) is 11.9 Å². The normalized spacial score (nSPS) is 12.2. The molecule has 0 N–H and O–H groups in total. The average Bonchev–Trinajstić information content (AvgIpc) is 2.97. The summed E-state index contributed by atoms with van der Waals surface area (Å²) in [5.41, 5.74) is 3.19. The van der Waals surface area contributed by atoms with Crippen LogP contribution in [0.3, 0.4) is 0 Å². The standard InChI is InChI=1S/C17H14BrN3S/c1-19-17-21(20-11-13-6-3-2-4-7-13)16(12-22-17)14-8-5-9-15(18)10-14/h2-12H,1H3/b19-17?,20-11+. The Morgan fingerprint density at radius 3 is 2.64 bits per heavy atom. The Morgan fingerprint density at radius 1 is 1.09 bits per heavy atom. The van der Waals surface area contributed by atoms with Gasteiger partial charge >= 0.3 is 0 Å². The lowest BCUT2D eigenvalue weighted by molar-refractivity contribution is 0.848. The molecule has 0 aliphatic carbocycles. The molecule has 0 amide bonds. The summed E-state index contributed by atoms with van der Waals surface area (Å²) < 4.78 is 2.92. The Hall–Kier alpha value is -1.98. The van der Waals surface area contributed by atoms with Gasteiger partial charge in [-0.1, -0.05) is 58.4 Å². The van der Waals surface area contributed by atoms with Crippen molar-refractivity contribution >= 4 is 33.5 Å². The summed E-state index contributed by atoms with van der Waals surface area (Å²) in [7, 11) is 1.78. The number of rotatable bonds is 3. The minimum Gasteiger partial charge on any atom is -0.261 e. The smallest absolute Gasteiger partial charge is 0.205 e. The molecule has 0 fully saturated rings. The molecule has 5 heteroatoms. The molecule has 1 aromatic heterocycles. The van der Waals surface area contributed by atoms with Gasteiger partial charge in [-0.3, -0.25) is 4.99 Å². The molecule has 3 aromatic rings. The molecule has 0 aliphatic heterocycles. The summed E-state index contributed by atoms with van der Waals surface area (Å²) in [6.45, 7) is 0. The number of benzene rings is 2. The summed E-state index contributed by atoms with van der Waals surface area (Å²) in [4.78, 5) is 5.17. The first-order chi connectivity index (χ1) is 10.8. The summed E-state index contributed by atoms with van der Waals surface area (Å²) in [5, 5.41) is 6.68. The van der Waals surface area contributed by atoms with Crippen LogP contribution in [-0.4, -0.2) is 17.9 Å². The van der Waals surface area contributed by atoms with Gasteiger partial charge in [-0.05, 0) is 17.7 Å². The highest BCUT2D eigenvalue weighted by Gasteiger charge is 2.07. The number of hydrogen-bond acceptors (Lipinski definition) is 3. The predicted molar refractivity (Wildman–Crippen MR) is 96.4 cm³/mol. The van der Waals surface area contributed by atoms with Crippen LogP contribution in [0.1, 0.15) is 5.56 Å². The van der Waals surface area contributed by atoms with Crippen LogP contribution in [0.5, 0.6) is 0 Å².